The molecule has 1 rings (SSSR count). The molecule has 0 aromatic carbocycles. The van der Waals surface area contributed by atoms with E-state index in [-0.39, 0.29) is 13.0 Å². The lowest BCUT2D eigenvalue weighted by Crippen LogP contribution is -2.31. The van der Waals surface area contributed by atoms with Crippen molar-refractivity contribution >= 4 is 5.97 Å². The Morgan fingerprint density at radius 3 is 3.10 bits per heavy atom. The Morgan fingerprint density at radius 1 is 2.00 bits per heavy atom. The Balaban J connectivity index is 2.48. The second-order valence-corrected chi connectivity index (χ2v) is 2.23. The van der Waals surface area contributed by atoms with Crippen molar-refractivity contribution in [2.45, 2.75) is 18.5 Å². The summed E-state index contributed by atoms with van der Waals surface area (Å²) in [7, 11) is 1.28. The smallest absolute Gasteiger partial charge is 0.322 e. The number of hydrogen-bond acceptors (Lipinski definition) is 4. The van der Waals surface area contributed by atoms with E-state index in [9.17, 15) is 4.79 Å². The lowest BCUT2D eigenvalue weighted by Gasteiger charge is -2.05. The molecule has 0 bridgehead atoms. The van der Waals surface area contributed by atoms with Gasteiger partial charge in [0.25, 0.3) is 0 Å². The molecule has 0 saturated carbocycles. The SMILES string of the molecule is [2H][C@]1(O)CN[C@H](C(=O)OC)C1. The molecule has 1 fully saturated rings. The van der Waals surface area contributed by atoms with Crippen LogP contribution in [0, 0.1) is 0 Å². The van der Waals surface area contributed by atoms with E-state index in [2.05, 4.69) is 10.1 Å². The third-order valence-electron chi connectivity index (χ3n) is 1.48. The molecule has 0 aliphatic carbocycles. The number of methoxy groups -OCH3 is 1. The third kappa shape index (κ3) is 1.46. The van der Waals surface area contributed by atoms with Crippen LogP contribution in [0.1, 0.15) is 7.79 Å². The van der Waals surface area contributed by atoms with E-state index in [0.29, 0.717) is 0 Å². The number of hydrogen-bond donors (Lipinski definition) is 2. The standard InChI is InChI=1S/C6H11NO3/c1-10-6(9)5-2-4(8)3-7-5/h4-5,7-8H,2-3H2,1H3/t4-,5+/m1/s1/i4D. The molecular weight excluding hydrogens is 134 g/mol. The van der Waals surface area contributed by atoms with E-state index in [1.807, 2.05) is 0 Å². The van der Waals surface area contributed by atoms with Crippen molar-refractivity contribution in [1.29, 1.82) is 0 Å². The Kier molecular flexibility index (Phi) is 1.83. The zero-order chi connectivity index (χ0) is 8.48. The number of ether oxygens (including phenoxy) is 1. The zero-order valence-corrected chi connectivity index (χ0v) is 5.76. The first-order valence-electron chi connectivity index (χ1n) is 3.59. The molecule has 10 heavy (non-hydrogen) atoms. The molecule has 0 aromatic heterocycles. The molecule has 2 atom stereocenters. The Morgan fingerprint density at radius 2 is 2.70 bits per heavy atom. The molecule has 58 valence electrons. The van der Waals surface area contributed by atoms with Crippen LogP contribution < -0.4 is 5.32 Å². The highest BCUT2D eigenvalue weighted by atomic mass is 16.5. The zero-order valence-electron chi connectivity index (χ0n) is 6.76. The van der Waals surface area contributed by atoms with Crippen molar-refractivity contribution < 1.29 is 16.0 Å². The quantitative estimate of drug-likeness (QED) is 0.460. The summed E-state index contributed by atoms with van der Waals surface area (Å²) in [5.41, 5.74) is 0. The minimum atomic E-state index is -1.52. The summed E-state index contributed by atoms with van der Waals surface area (Å²) in [6.07, 6.45) is -1.42. The van der Waals surface area contributed by atoms with Gasteiger partial charge in [-0.2, -0.15) is 0 Å². The van der Waals surface area contributed by atoms with E-state index in [0.717, 1.165) is 0 Å². The average Bonchev–Trinajstić information content (AvgIpc) is 2.29. The van der Waals surface area contributed by atoms with Gasteiger partial charge in [-0.25, -0.2) is 0 Å². The molecule has 4 nitrogen and oxygen atoms in total. The van der Waals surface area contributed by atoms with Crippen LogP contribution in [0.4, 0.5) is 0 Å². The van der Waals surface area contributed by atoms with Gasteiger partial charge in [-0.1, -0.05) is 0 Å². The number of β-amino-alcohol motifs (C(OH)–C–C–N with tert-alkyl or cyclic N) is 1. The lowest BCUT2D eigenvalue weighted by atomic mass is 10.2. The fourth-order valence-corrected chi connectivity index (χ4v) is 0.930. The third-order valence-corrected chi connectivity index (χ3v) is 1.48. The number of carbonyl (C=O) groups excluding carboxylic acids is 1. The van der Waals surface area contributed by atoms with Crippen molar-refractivity contribution in [2.75, 3.05) is 13.7 Å². The molecule has 4 heteroatoms. The van der Waals surface area contributed by atoms with Gasteiger partial charge >= 0.3 is 5.97 Å². The predicted molar refractivity (Wildman–Crippen MR) is 34.4 cm³/mol. The van der Waals surface area contributed by atoms with Crippen molar-refractivity contribution in [1.82, 2.24) is 5.32 Å². The number of aliphatic hydroxyl groups is 1. The molecule has 0 aromatic rings. The molecule has 0 unspecified atom stereocenters. The van der Waals surface area contributed by atoms with E-state index in [1.54, 1.807) is 0 Å². The molecular formula is C6H11NO3. The van der Waals surface area contributed by atoms with Crippen LogP contribution in [0.15, 0.2) is 0 Å². The highest BCUT2D eigenvalue weighted by Crippen LogP contribution is 2.06. The fraction of sp³-hybridized carbons (Fsp3) is 0.833. The van der Waals surface area contributed by atoms with Gasteiger partial charge in [0, 0.05) is 13.0 Å². The van der Waals surface area contributed by atoms with Crippen LogP contribution in [0.2, 0.25) is 0 Å². The van der Waals surface area contributed by atoms with Crippen LogP contribution in [0.5, 0.6) is 0 Å². The monoisotopic (exact) mass is 146 g/mol. The van der Waals surface area contributed by atoms with Gasteiger partial charge in [0.15, 0.2) is 0 Å². The first-order valence-corrected chi connectivity index (χ1v) is 3.09. The average molecular weight is 146 g/mol. The summed E-state index contributed by atoms with van der Waals surface area (Å²) in [6, 6.07) is -0.525. The van der Waals surface area contributed by atoms with Crippen molar-refractivity contribution in [2.24, 2.45) is 0 Å². The minimum Gasteiger partial charge on any atom is -0.468 e. The largest absolute Gasteiger partial charge is 0.468 e. The molecule has 1 saturated heterocycles. The highest BCUT2D eigenvalue weighted by molar-refractivity contribution is 5.76. The molecule has 1 aliphatic rings. The van der Waals surface area contributed by atoms with Gasteiger partial charge in [-0.15, -0.1) is 0 Å². The Hall–Kier alpha value is -0.610. The van der Waals surface area contributed by atoms with Gasteiger partial charge in [0.1, 0.15) is 6.04 Å². The molecule has 2 N–H and O–H groups in total. The number of esters is 1. The second kappa shape index (κ2) is 2.98. The summed E-state index contributed by atoms with van der Waals surface area (Å²) in [6.45, 7) is 0.118. The topological polar surface area (TPSA) is 58.6 Å². The first kappa shape index (κ1) is 6.12. The summed E-state index contributed by atoms with van der Waals surface area (Å²) >= 11 is 0. The maximum absolute atomic E-state index is 10.8. The second-order valence-electron chi connectivity index (χ2n) is 2.23. The normalized spacial score (nSPS) is 41.0. The maximum Gasteiger partial charge on any atom is 0.322 e. The van der Waals surface area contributed by atoms with Crippen molar-refractivity contribution in [3.8, 4) is 0 Å². The van der Waals surface area contributed by atoms with Gasteiger partial charge in [0.2, 0.25) is 0 Å². The summed E-state index contributed by atoms with van der Waals surface area (Å²) in [5, 5.41) is 11.8. The molecule has 0 spiro atoms. The molecule has 0 amide bonds. The van der Waals surface area contributed by atoms with Crippen molar-refractivity contribution in [3.05, 3.63) is 0 Å². The van der Waals surface area contributed by atoms with Crippen LogP contribution in [0.3, 0.4) is 0 Å². The lowest BCUT2D eigenvalue weighted by molar-refractivity contribution is -0.142. The van der Waals surface area contributed by atoms with Gasteiger partial charge in [-0.05, 0) is 0 Å². The summed E-state index contributed by atoms with van der Waals surface area (Å²) in [4.78, 5) is 10.8. The molecule has 0 radical (unpaired) electrons. The fourth-order valence-electron chi connectivity index (χ4n) is 0.930. The van der Waals surface area contributed by atoms with E-state index in [1.165, 1.54) is 7.11 Å². The van der Waals surface area contributed by atoms with Gasteiger partial charge in [-0.3, -0.25) is 4.79 Å². The highest BCUT2D eigenvalue weighted by Gasteiger charge is 2.28. The number of nitrogens with one attached hydrogen (secondary N) is 1. The minimum absolute atomic E-state index is 0.0969. The number of carbonyl (C=O) groups is 1. The summed E-state index contributed by atoms with van der Waals surface area (Å²) < 4.78 is 11.6. The van der Waals surface area contributed by atoms with Crippen LogP contribution in [-0.4, -0.2) is 36.9 Å². The first-order chi connectivity index (χ1) is 5.05. The predicted octanol–water partition coefficient (Wildman–Crippen LogP) is -1.12. The summed E-state index contributed by atoms with van der Waals surface area (Å²) in [5.74, 6) is -0.423. The van der Waals surface area contributed by atoms with E-state index in [4.69, 9.17) is 6.48 Å². The van der Waals surface area contributed by atoms with Gasteiger partial charge in [0.05, 0.1) is 14.6 Å². The molecule has 1 heterocycles. The molecule has 1 aliphatic heterocycles. The van der Waals surface area contributed by atoms with Crippen molar-refractivity contribution in [3.63, 3.8) is 0 Å². The van der Waals surface area contributed by atoms with Crippen LogP contribution in [-0.2, 0) is 9.53 Å². The van der Waals surface area contributed by atoms with E-state index >= 15 is 0 Å². The Bertz CT molecular complexity index is 171. The van der Waals surface area contributed by atoms with Crippen LogP contribution in [0.25, 0.3) is 0 Å². The Labute approximate surface area is 60.6 Å². The maximum atomic E-state index is 10.8. The number of rotatable bonds is 1. The van der Waals surface area contributed by atoms with Crippen LogP contribution >= 0.6 is 0 Å². The van der Waals surface area contributed by atoms with E-state index < -0.39 is 18.1 Å². The van der Waals surface area contributed by atoms with Gasteiger partial charge < -0.3 is 15.2 Å².